The molecule has 1 aromatic carbocycles. The van der Waals surface area contributed by atoms with Gasteiger partial charge in [0.25, 0.3) is 0 Å². The van der Waals surface area contributed by atoms with Crippen LogP contribution in [0.1, 0.15) is 48.4 Å². The number of hydrogen-bond donors (Lipinski definition) is 1. The van der Waals surface area contributed by atoms with Gasteiger partial charge >= 0.3 is 0 Å². The summed E-state index contributed by atoms with van der Waals surface area (Å²) < 4.78 is 6.92. The second kappa shape index (κ2) is 6.87. The van der Waals surface area contributed by atoms with Crippen LogP contribution in [0.15, 0.2) is 16.6 Å². The van der Waals surface area contributed by atoms with Crippen molar-refractivity contribution in [3.8, 4) is 0 Å². The van der Waals surface area contributed by atoms with Crippen LogP contribution in [0.4, 0.5) is 0 Å². The number of halogens is 1. The molecule has 0 spiro atoms. The molecule has 1 heterocycles. The summed E-state index contributed by atoms with van der Waals surface area (Å²) in [6.45, 7) is 5.29. The van der Waals surface area contributed by atoms with Crippen LogP contribution in [-0.4, -0.2) is 19.8 Å². The normalized spacial score (nSPS) is 20.7. The van der Waals surface area contributed by atoms with Crippen LogP contribution >= 0.6 is 15.9 Å². The van der Waals surface area contributed by atoms with Gasteiger partial charge in [0, 0.05) is 17.1 Å². The first-order chi connectivity index (χ1) is 9.11. The van der Waals surface area contributed by atoms with E-state index in [-0.39, 0.29) is 0 Å². The summed E-state index contributed by atoms with van der Waals surface area (Å²) in [6.07, 6.45) is 5.23. The number of hydrogen-bond acceptors (Lipinski definition) is 2. The Labute approximate surface area is 125 Å². The Hall–Kier alpha value is -0.380. The summed E-state index contributed by atoms with van der Waals surface area (Å²) in [4.78, 5) is 0. The maximum Gasteiger partial charge on any atom is 0.0576 e. The molecular formula is C16H24BrNO. The van der Waals surface area contributed by atoms with E-state index in [1.807, 2.05) is 0 Å². The molecule has 0 radical (unpaired) electrons. The standard InChI is InChI=1S/C16H24BrNO/c1-11-10-15(17)12(2)9-14(11)16(18-3)7-6-13-5-4-8-19-13/h9-10,13,16,18H,4-8H2,1-3H3. The summed E-state index contributed by atoms with van der Waals surface area (Å²) in [5, 5.41) is 3.46. The van der Waals surface area contributed by atoms with E-state index in [9.17, 15) is 0 Å². The molecule has 2 atom stereocenters. The van der Waals surface area contributed by atoms with Crippen molar-refractivity contribution in [1.29, 1.82) is 0 Å². The molecule has 2 rings (SSSR count). The van der Waals surface area contributed by atoms with E-state index >= 15 is 0 Å². The Morgan fingerprint density at radius 2 is 2.16 bits per heavy atom. The van der Waals surface area contributed by atoms with Crippen molar-refractivity contribution >= 4 is 15.9 Å². The molecule has 1 aliphatic heterocycles. The Balaban J connectivity index is 2.05. The van der Waals surface area contributed by atoms with Crippen LogP contribution in [0, 0.1) is 13.8 Å². The Morgan fingerprint density at radius 3 is 2.79 bits per heavy atom. The van der Waals surface area contributed by atoms with Gasteiger partial charge in [-0.05, 0) is 69.3 Å². The second-order valence-electron chi connectivity index (χ2n) is 5.51. The van der Waals surface area contributed by atoms with Crippen molar-refractivity contribution in [2.45, 2.75) is 51.7 Å². The van der Waals surface area contributed by atoms with Gasteiger partial charge < -0.3 is 10.1 Å². The van der Waals surface area contributed by atoms with Gasteiger partial charge in [0.15, 0.2) is 0 Å². The largest absolute Gasteiger partial charge is 0.378 e. The van der Waals surface area contributed by atoms with Crippen LogP contribution in [0.5, 0.6) is 0 Å². The third-order valence-corrected chi connectivity index (χ3v) is 4.93. The first-order valence-corrected chi connectivity index (χ1v) is 7.96. The van der Waals surface area contributed by atoms with Crippen LogP contribution in [0.2, 0.25) is 0 Å². The lowest BCUT2D eigenvalue weighted by Gasteiger charge is -2.21. The number of ether oxygens (including phenoxy) is 1. The highest BCUT2D eigenvalue weighted by molar-refractivity contribution is 9.10. The predicted molar refractivity (Wildman–Crippen MR) is 83.6 cm³/mol. The molecule has 0 saturated carbocycles. The van der Waals surface area contributed by atoms with E-state index < -0.39 is 0 Å². The third-order valence-electron chi connectivity index (χ3n) is 4.07. The van der Waals surface area contributed by atoms with Crippen molar-refractivity contribution in [3.63, 3.8) is 0 Å². The minimum absolute atomic E-state index is 0.427. The molecule has 1 fully saturated rings. The quantitative estimate of drug-likeness (QED) is 0.872. The molecule has 0 bridgehead atoms. The second-order valence-corrected chi connectivity index (χ2v) is 6.37. The minimum atomic E-state index is 0.427. The average molecular weight is 326 g/mol. The molecule has 2 unspecified atom stereocenters. The van der Waals surface area contributed by atoms with Gasteiger partial charge in [-0.3, -0.25) is 0 Å². The van der Waals surface area contributed by atoms with Crippen LogP contribution in [0.25, 0.3) is 0 Å². The van der Waals surface area contributed by atoms with E-state index in [1.54, 1.807) is 0 Å². The van der Waals surface area contributed by atoms with E-state index in [2.05, 4.69) is 54.3 Å². The van der Waals surface area contributed by atoms with Crippen molar-refractivity contribution in [2.24, 2.45) is 0 Å². The van der Waals surface area contributed by atoms with Crippen molar-refractivity contribution in [1.82, 2.24) is 5.32 Å². The third kappa shape index (κ3) is 3.80. The average Bonchev–Trinajstić information content (AvgIpc) is 2.89. The van der Waals surface area contributed by atoms with Gasteiger partial charge in [0.05, 0.1) is 6.10 Å². The molecule has 0 aromatic heterocycles. The lowest BCUT2D eigenvalue weighted by Crippen LogP contribution is -2.19. The summed E-state index contributed by atoms with van der Waals surface area (Å²) >= 11 is 3.60. The lowest BCUT2D eigenvalue weighted by molar-refractivity contribution is 0.0998. The van der Waals surface area contributed by atoms with Crippen LogP contribution in [-0.2, 0) is 4.74 Å². The van der Waals surface area contributed by atoms with Gasteiger partial charge in [-0.2, -0.15) is 0 Å². The highest BCUT2D eigenvalue weighted by atomic mass is 79.9. The van der Waals surface area contributed by atoms with E-state index in [0.717, 1.165) is 19.4 Å². The smallest absolute Gasteiger partial charge is 0.0576 e. The monoisotopic (exact) mass is 325 g/mol. The Kier molecular flexibility index (Phi) is 5.43. The molecule has 1 N–H and O–H groups in total. The molecule has 1 saturated heterocycles. The predicted octanol–water partition coefficient (Wildman–Crippen LogP) is 4.29. The van der Waals surface area contributed by atoms with Crippen molar-refractivity contribution < 1.29 is 4.74 Å². The maximum atomic E-state index is 5.72. The Morgan fingerprint density at radius 1 is 1.37 bits per heavy atom. The fraction of sp³-hybridized carbons (Fsp3) is 0.625. The highest BCUT2D eigenvalue weighted by Crippen LogP contribution is 2.29. The zero-order valence-electron chi connectivity index (χ0n) is 12.1. The van der Waals surface area contributed by atoms with Gasteiger partial charge in [-0.15, -0.1) is 0 Å². The van der Waals surface area contributed by atoms with Gasteiger partial charge in [0.2, 0.25) is 0 Å². The molecule has 1 aliphatic rings. The molecule has 2 nitrogen and oxygen atoms in total. The minimum Gasteiger partial charge on any atom is -0.378 e. The van der Waals surface area contributed by atoms with Gasteiger partial charge in [-0.1, -0.05) is 22.0 Å². The van der Waals surface area contributed by atoms with Crippen LogP contribution in [0.3, 0.4) is 0 Å². The first-order valence-electron chi connectivity index (χ1n) is 7.17. The number of benzene rings is 1. The lowest BCUT2D eigenvalue weighted by atomic mass is 9.94. The number of nitrogens with one attached hydrogen (secondary N) is 1. The fourth-order valence-corrected chi connectivity index (χ4v) is 3.32. The Bertz CT molecular complexity index is 427. The van der Waals surface area contributed by atoms with E-state index in [4.69, 9.17) is 4.74 Å². The summed E-state index contributed by atoms with van der Waals surface area (Å²) in [5.41, 5.74) is 4.07. The molecule has 0 aliphatic carbocycles. The van der Waals surface area contributed by atoms with E-state index in [0.29, 0.717) is 12.1 Å². The summed E-state index contributed by atoms with van der Waals surface area (Å²) in [5.74, 6) is 0. The molecule has 19 heavy (non-hydrogen) atoms. The van der Waals surface area contributed by atoms with Crippen molar-refractivity contribution in [2.75, 3.05) is 13.7 Å². The summed E-state index contributed by atoms with van der Waals surface area (Å²) in [6, 6.07) is 4.95. The fourth-order valence-electron chi connectivity index (χ4n) is 2.86. The molecule has 106 valence electrons. The molecule has 3 heteroatoms. The van der Waals surface area contributed by atoms with Gasteiger partial charge in [0.1, 0.15) is 0 Å². The first kappa shape index (κ1) is 15.0. The highest BCUT2D eigenvalue weighted by Gasteiger charge is 2.19. The number of rotatable bonds is 5. The van der Waals surface area contributed by atoms with Crippen LogP contribution < -0.4 is 5.32 Å². The number of aryl methyl sites for hydroxylation is 2. The molecular weight excluding hydrogens is 302 g/mol. The molecule has 1 aromatic rings. The summed E-state index contributed by atoms with van der Waals surface area (Å²) in [7, 11) is 2.05. The van der Waals surface area contributed by atoms with Gasteiger partial charge in [-0.25, -0.2) is 0 Å². The maximum absolute atomic E-state index is 5.72. The molecule has 0 amide bonds. The van der Waals surface area contributed by atoms with Crippen molar-refractivity contribution in [3.05, 3.63) is 33.3 Å². The van der Waals surface area contributed by atoms with E-state index in [1.165, 1.54) is 34.0 Å². The SMILES string of the molecule is CNC(CCC1CCCO1)c1cc(C)c(Br)cc1C. The zero-order chi connectivity index (χ0) is 13.8. The topological polar surface area (TPSA) is 21.3 Å². The zero-order valence-corrected chi connectivity index (χ0v) is 13.7.